The Morgan fingerprint density at radius 1 is 0.818 bits per heavy atom. The second-order valence-electron chi connectivity index (χ2n) is 6.07. The number of aliphatic hydroxyl groups is 2. The maximum atomic E-state index is 10.3. The molecule has 0 amide bonds. The molecule has 22 heavy (non-hydrogen) atoms. The van der Waals surface area contributed by atoms with Crippen molar-refractivity contribution in [1.82, 2.24) is 0 Å². The maximum absolute atomic E-state index is 10.3. The molecule has 2 atom stereocenters. The summed E-state index contributed by atoms with van der Waals surface area (Å²) in [6.45, 7) is 2.14. The second kappa shape index (κ2) is 15.0. The highest BCUT2D eigenvalue weighted by Crippen LogP contribution is 2.11. The van der Waals surface area contributed by atoms with Crippen LogP contribution in [0.25, 0.3) is 0 Å². The Balaban J connectivity index is 3.44. The van der Waals surface area contributed by atoms with Crippen LogP contribution in [0, 0.1) is 0 Å². The van der Waals surface area contributed by atoms with Crippen LogP contribution in [0.5, 0.6) is 0 Å². The van der Waals surface area contributed by atoms with Crippen LogP contribution in [0.2, 0.25) is 0 Å². The predicted molar refractivity (Wildman–Crippen MR) is 89.9 cm³/mol. The molecule has 3 N–H and O–H groups in total. The summed E-state index contributed by atoms with van der Waals surface area (Å²) in [5, 5.41) is 28.0. The number of aliphatic hydroxyl groups excluding tert-OH is 2. The lowest BCUT2D eigenvalue weighted by Crippen LogP contribution is -2.06. The maximum Gasteiger partial charge on any atom is 0.303 e. The van der Waals surface area contributed by atoms with Crippen LogP contribution in [0.4, 0.5) is 0 Å². The van der Waals surface area contributed by atoms with Gasteiger partial charge in [-0.05, 0) is 19.3 Å². The Labute approximate surface area is 135 Å². The number of carboxylic acids is 1. The van der Waals surface area contributed by atoms with Crippen LogP contribution in [0.3, 0.4) is 0 Å². The van der Waals surface area contributed by atoms with E-state index in [0.29, 0.717) is 0 Å². The quantitative estimate of drug-likeness (QED) is 0.315. The molecule has 0 aliphatic heterocycles. The lowest BCUT2D eigenvalue weighted by Gasteiger charge is -2.08. The summed E-state index contributed by atoms with van der Waals surface area (Å²) in [6, 6.07) is 0. The van der Waals surface area contributed by atoms with E-state index in [4.69, 9.17) is 5.11 Å². The first-order valence-corrected chi connectivity index (χ1v) is 8.82. The zero-order valence-corrected chi connectivity index (χ0v) is 14.0. The Morgan fingerprint density at radius 3 is 1.77 bits per heavy atom. The Morgan fingerprint density at radius 2 is 1.27 bits per heavy atom. The van der Waals surface area contributed by atoms with Gasteiger partial charge in [-0.15, -0.1) is 0 Å². The topological polar surface area (TPSA) is 77.8 Å². The van der Waals surface area contributed by atoms with Crippen LogP contribution in [0.1, 0.15) is 84.0 Å². The molecular weight excluding hydrogens is 280 g/mol. The molecule has 0 heterocycles. The summed E-state index contributed by atoms with van der Waals surface area (Å²) in [7, 11) is 0. The fourth-order valence-electron chi connectivity index (χ4n) is 2.39. The molecule has 0 aromatic rings. The van der Waals surface area contributed by atoms with Crippen LogP contribution < -0.4 is 0 Å². The van der Waals surface area contributed by atoms with Gasteiger partial charge in [-0.2, -0.15) is 0 Å². The molecule has 0 rings (SSSR count). The van der Waals surface area contributed by atoms with E-state index in [2.05, 4.69) is 6.92 Å². The minimum absolute atomic E-state index is 0.268. The van der Waals surface area contributed by atoms with Crippen molar-refractivity contribution in [2.24, 2.45) is 0 Å². The zero-order chi connectivity index (χ0) is 16.6. The largest absolute Gasteiger partial charge is 0.481 e. The third kappa shape index (κ3) is 15.5. The van der Waals surface area contributed by atoms with Crippen molar-refractivity contribution >= 4 is 5.97 Å². The molecular formula is C18H34O4. The highest BCUT2D eigenvalue weighted by atomic mass is 16.4. The number of hydrogen-bond acceptors (Lipinski definition) is 3. The molecule has 0 saturated carbocycles. The second-order valence-corrected chi connectivity index (χ2v) is 6.07. The van der Waals surface area contributed by atoms with Crippen LogP contribution in [-0.2, 0) is 4.79 Å². The average molecular weight is 314 g/mol. The summed E-state index contributed by atoms with van der Waals surface area (Å²) < 4.78 is 0. The van der Waals surface area contributed by atoms with Gasteiger partial charge in [0.2, 0.25) is 0 Å². The van der Waals surface area contributed by atoms with E-state index in [1.54, 1.807) is 12.2 Å². The Kier molecular flexibility index (Phi) is 14.4. The van der Waals surface area contributed by atoms with Crippen molar-refractivity contribution in [3.8, 4) is 0 Å². The van der Waals surface area contributed by atoms with Crippen molar-refractivity contribution in [2.45, 2.75) is 96.2 Å². The number of unbranched alkanes of at least 4 members (excludes halogenated alkanes) is 7. The summed E-state index contributed by atoms with van der Waals surface area (Å²) in [5.74, 6) is -0.716. The molecule has 0 aliphatic rings. The SMILES string of the molecule is CCCCCC(O)C=CC(O)CCCCCCCCC(=O)O. The molecule has 0 fully saturated rings. The van der Waals surface area contributed by atoms with Crippen LogP contribution in [0.15, 0.2) is 12.2 Å². The van der Waals surface area contributed by atoms with Gasteiger partial charge in [-0.25, -0.2) is 0 Å². The first-order chi connectivity index (χ1) is 10.6. The van der Waals surface area contributed by atoms with E-state index in [1.165, 1.54) is 0 Å². The third-order valence-electron chi connectivity index (χ3n) is 3.80. The molecule has 0 aromatic carbocycles. The summed E-state index contributed by atoms with van der Waals surface area (Å²) in [4.78, 5) is 10.3. The van der Waals surface area contributed by atoms with Crippen molar-refractivity contribution in [1.29, 1.82) is 0 Å². The normalized spacial score (nSPS) is 14.3. The van der Waals surface area contributed by atoms with Gasteiger partial charge in [0.15, 0.2) is 0 Å². The van der Waals surface area contributed by atoms with Crippen LogP contribution in [-0.4, -0.2) is 33.5 Å². The fraction of sp³-hybridized carbons (Fsp3) is 0.833. The number of hydrogen-bond donors (Lipinski definition) is 3. The lowest BCUT2D eigenvalue weighted by atomic mass is 10.0. The number of rotatable bonds is 15. The smallest absolute Gasteiger partial charge is 0.303 e. The Bertz CT molecular complexity index is 289. The lowest BCUT2D eigenvalue weighted by molar-refractivity contribution is -0.137. The molecule has 2 unspecified atom stereocenters. The summed E-state index contributed by atoms with van der Waals surface area (Å²) in [6.07, 6.45) is 13.5. The van der Waals surface area contributed by atoms with Crippen LogP contribution >= 0.6 is 0 Å². The minimum atomic E-state index is -0.716. The molecule has 130 valence electrons. The van der Waals surface area contributed by atoms with Gasteiger partial charge in [-0.3, -0.25) is 4.79 Å². The monoisotopic (exact) mass is 314 g/mol. The van der Waals surface area contributed by atoms with Gasteiger partial charge in [0.25, 0.3) is 0 Å². The summed E-state index contributed by atoms with van der Waals surface area (Å²) in [5.41, 5.74) is 0. The molecule has 0 bridgehead atoms. The minimum Gasteiger partial charge on any atom is -0.481 e. The number of carbonyl (C=O) groups is 1. The third-order valence-corrected chi connectivity index (χ3v) is 3.80. The molecule has 0 aliphatic carbocycles. The number of carboxylic acid groups (broad SMARTS) is 1. The Hall–Kier alpha value is -0.870. The van der Waals surface area contributed by atoms with E-state index in [0.717, 1.165) is 70.6 Å². The predicted octanol–water partition coefficient (Wildman–Crippen LogP) is 4.05. The van der Waals surface area contributed by atoms with Gasteiger partial charge in [0.05, 0.1) is 12.2 Å². The first kappa shape index (κ1) is 21.1. The zero-order valence-electron chi connectivity index (χ0n) is 14.0. The molecule has 4 heteroatoms. The van der Waals surface area contributed by atoms with Crippen molar-refractivity contribution in [3.63, 3.8) is 0 Å². The molecule has 0 radical (unpaired) electrons. The van der Waals surface area contributed by atoms with E-state index >= 15 is 0 Å². The highest BCUT2D eigenvalue weighted by Gasteiger charge is 2.03. The molecule has 0 saturated heterocycles. The van der Waals surface area contributed by atoms with E-state index in [-0.39, 0.29) is 6.42 Å². The van der Waals surface area contributed by atoms with Gasteiger partial charge in [0, 0.05) is 6.42 Å². The van der Waals surface area contributed by atoms with Crippen molar-refractivity contribution < 1.29 is 20.1 Å². The van der Waals surface area contributed by atoms with E-state index < -0.39 is 18.2 Å². The highest BCUT2D eigenvalue weighted by molar-refractivity contribution is 5.66. The van der Waals surface area contributed by atoms with Gasteiger partial charge in [-0.1, -0.05) is 70.4 Å². The average Bonchev–Trinajstić information content (AvgIpc) is 2.47. The number of aliphatic carboxylic acids is 1. The van der Waals surface area contributed by atoms with Crippen molar-refractivity contribution in [2.75, 3.05) is 0 Å². The van der Waals surface area contributed by atoms with Gasteiger partial charge < -0.3 is 15.3 Å². The standard InChI is InChI=1S/C18H34O4/c1-2-3-8-11-16(19)14-15-17(20)12-9-6-4-5-7-10-13-18(21)22/h14-17,19-20H,2-13H2,1H3,(H,21,22). The van der Waals surface area contributed by atoms with Gasteiger partial charge >= 0.3 is 5.97 Å². The fourth-order valence-corrected chi connectivity index (χ4v) is 2.39. The first-order valence-electron chi connectivity index (χ1n) is 8.82. The molecule has 0 spiro atoms. The molecule has 0 aromatic heterocycles. The van der Waals surface area contributed by atoms with Gasteiger partial charge in [0.1, 0.15) is 0 Å². The van der Waals surface area contributed by atoms with E-state index in [1.807, 2.05) is 0 Å². The van der Waals surface area contributed by atoms with Crippen molar-refractivity contribution in [3.05, 3.63) is 12.2 Å². The summed E-state index contributed by atoms with van der Waals surface area (Å²) >= 11 is 0. The molecule has 4 nitrogen and oxygen atoms in total. The van der Waals surface area contributed by atoms with E-state index in [9.17, 15) is 15.0 Å².